The normalized spacial score (nSPS) is 23.6. The van der Waals surface area contributed by atoms with Crippen molar-refractivity contribution in [1.82, 2.24) is 4.90 Å². The zero-order valence-electron chi connectivity index (χ0n) is 4.71. The molecular formula is C5H10NOS. The van der Waals surface area contributed by atoms with Gasteiger partial charge in [-0.25, -0.2) is 0 Å². The van der Waals surface area contributed by atoms with E-state index >= 15 is 0 Å². The number of rotatable bonds is 1. The Morgan fingerprint density at radius 1 is 1.38 bits per heavy atom. The first kappa shape index (κ1) is 6.39. The van der Waals surface area contributed by atoms with Crippen molar-refractivity contribution in [2.24, 2.45) is 0 Å². The molecule has 1 aliphatic rings. The standard InChI is InChI=1S/C5H10NOS/c7-5-6-1-3-8-4-2-6/h5,7H,1-4H2. The van der Waals surface area contributed by atoms with Crippen LogP contribution in [0.1, 0.15) is 0 Å². The van der Waals surface area contributed by atoms with Crippen molar-refractivity contribution in [1.29, 1.82) is 0 Å². The highest BCUT2D eigenvalue weighted by molar-refractivity contribution is 7.99. The maximum Gasteiger partial charge on any atom is 0.147 e. The summed E-state index contributed by atoms with van der Waals surface area (Å²) in [5.41, 5.74) is 0. The molecule has 1 aliphatic heterocycles. The summed E-state index contributed by atoms with van der Waals surface area (Å²) in [6, 6.07) is 0. The summed E-state index contributed by atoms with van der Waals surface area (Å²) < 4.78 is 0. The maximum atomic E-state index is 8.48. The van der Waals surface area contributed by atoms with E-state index < -0.39 is 0 Å². The molecule has 8 heavy (non-hydrogen) atoms. The topological polar surface area (TPSA) is 23.5 Å². The molecule has 0 aromatic rings. The van der Waals surface area contributed by atoms with Gasteiger partial charge in [-0.05, 0) is 0 Å². The molecule has 0 bridgehead atoms. The van der Waals surface area contributed by atoms with Crippen LogP contribution in [0, 0.1) is 6.73 Å². The quantitative estimate of drug-likeness (QED) is 0.563. The van der Waals surface area contributed by atoms with Gasteiger partial charge in [-0.3, -0.25) is 4.90 Å². The van der Waals surface area contributed by atoms with Gasteiger partial charge in [0.2, 0.25) is 0 Å². The van der Waals surface area contributed by atoms with Crippen LogP contribution in [0.15, 0.2) is 0 Å². The zero-order chi connectivity index (χ0) is 5.82. The third-order valence-electron chi connectivity index (χ3n) is 1.21. The highest BCUT2D eigenvalue weighted by atomic mass is 32.2. The smallest absolute Gasteiger partial charge is 0.147 e. The van der Waals surface area contributed by atoms with Crippen LogP contribution in [0.25, 0.3) is 0 Å². The first-order valence-electron chi connectivity index (χ1n) is 2.73. The molecule has 0 aromatic carbocycles. The van der Waals surface area contributed by atoms with Gasteiger partial charge in [0.05, 0.1) is 0 Å². The van der Waals surface area contributed by atoms with Crippen LogP contribution in [0.4, 0.5) is 0 Å². The summed E-state index contributed by atoms with van der Waals surface area (Å²) in [5.74, 6) is 2.30. The van der Waals surface area contributed by atoms with E-state index in [9.17, 15) is 0 Å². The van der Waals surface area contributed by atoms with Gasteiger partial charge in [0, 0.05) is 24.6 Å². The number of nitrogens with zero attached hydrogens (tertiary/aromatic N) is 1. The third kappa shape index (κ3) is 1.65. The minimum Gasteiger partial charge on any atom is -0.374 e. The lowest BCUT2D eigenvalue weighted by Crippen LogP contribution is -2.29. The lowest BCUT2D eigenvalue weighted by Gasteiger charge is -2.22. The van der Waals surface area contributed by atoms with E-state index in [0.717, 1.165) is 24.6 Å². The molecule has 0 saturated carbocycles. The van der Waals surface area contributed by atoms with Gasteiger partial charge < -0.3 is 5.11 Å². The lowest BCUT2D eigenvalue weighted by atomic mass is 10.5. The predicted octanol–water partition coefficient (Wildman–Crippen LogP) is 0.527. The summed E-state index contributed by atoms with van der Waals surface area (Å²) in [5, 5.41) is 8.48. The van der Waals surface area contributed by atoms with E-state index in [1.165, 1.54) is 6.73 Å². The molecule has 2 nitrogen and oxygen atoms in total. The molecule has 1 rings (SSSR count). The van der Waals surface area contributed by atoms with Crippen LogP contribution in [-0.2, 0) is 0 Å². The van der Waals surface area contributed by atoms with E-state index in [1.807, 2.05) is 16.7 Å². The minimum atomic E-state index is 1.00. The van der Waals surface area contributed by atoms with E-state index in [-0.39, 0.29) is 0 Å². The fourth-order valence-electron chi connectivity index (χ4n) is 0.693. The molecule has 1 heterocycles. The van der Waals surface area contributed by atoms with Gasteiger partial charge in [0.25, 0.3) is 0 Å². The van der Waals surface area contributed by atoms with Gasteiger partial charge in [0.1, 0.15) is 6.73 Å². The molecule has 47 valence electrons. The summed E-state index contributed by atoms with van der Waals surface area (Å²) in [6.45, 7) is 3.18. The molecule has 0 aromatic heterocycles. The zero-order valence-corrected chi connectivity index (χ0v) is 5.52. The monoisotopic (exact) mass is 132 g/mol. The van der Waals surface area contributed by atoms with Gasteiger partial charge in [-0.1, -0.05) is 0 Å². The first-order valence-corrected chi connectivity index (χ1v) is 3.88. The highest BCUT2D eigenvalue weighted by Crippen LogP contribution is 2.08. The number of hydrogen-bond acceptors (Lipinski definition) is 3. The van der Waals surface area contributed by atoms with E-state index in [4.69, 9.17) is 5.11 Å². The Balaban J connectivity index is 2.13. The second-order valence-corrected chi connectivity index (χ2v) is 2.99. The Morgan fingerprint density at radius 3 is 2.38 bits per heavy atom. The van der Waals surface area contributed by atoms with Crippen LogP contribution in [0.3, 0.4) is 0 Å². The number of aliphatic hydroxyl groups is 1. The van der Waals surface area contributed by atoms with Crippen LogP contribution in [-0.4, -0.2) is 34.6 Å². The molecule has 3 heteroatoms. The lowest BCUT2D eigenvalue weighted by molar-refractivity contribution is 0.200. The minimum absolute atomic E-state index is 1.00. The molecule has 0 atom stereocenters. The molecule has 0 amide bonds. The van der Waals surface area contributed by atoms with Crippen molar-refractivity contribution in [3.05, 3.63) is 6.73 Å². The Morgan fingerprint density at radius 2 is 2.00 bits per heavy atom. The molecule has 1 radical (unpaired) electrons. The molecule has 1 N–H and O–H groups in total. The van der Waals surface area contributed by atoms with Crippen LogP contribution in [0.5, 0.6) is 0 Å². The van der Waals surface area contributed by atoms with Gasteiger partial charge in [-0.15, -0.1) is 0 Å². The summed E-state index contributed by atoms with van der Waals surface area (Å²) in [7, 11) is 0. The molecule has 0 aliphatic carbocycles. The summed E-state index contributed by atoms with van der Waals surface area (Å²) in [6.07, 6.45) is 0. The largest absolute Gasteiger partial charge is 0.374 e. The molecular weight excluding hydrogens is 122 g/mol. The van der Waals surface area contributed by atoms with E-state index in [2.05, 4.69) is 0 Å². The van der Waals surface area contributed by atoms with Crippen molar-refractivity contribution in [2.45, 2.75) is 0 Å². The summed E-state index contributed by atoms with van der Waals surface area (Å²) in [4.78, 5) is 1.93. The second kappa shape index (κ2) is 3.33. The summed E-state index contributed by atoms with van der Waals surface area (Å²) >= 11 is 1.94. The Bertz CT molecular complexity index is 63.4. The maximum absolute atomic E-state index is 8.48. The number of aliphatic hydroxyl groups excluding tert-OH is 1. The number of thioether (sulfide) groups is 1. The second-order valence-electron chi connectivity index (χ2n) is 1.76. The highest BCUT2D eigenvalue weighted by Gasteiger charge is 2.07. The van der Waals surface area contributed by atoms with Gasteiger partial charge >= 0.3 is 0 Å². The third-order valence-corrected chi connectivity index (χ3v) is 2.15. The van der Waals surface area contributed by atoms with Gasteiger partial charge in [-0.2, -0.15) is 11.8 Å². The van der Waals surface area contributed by atoms with E-state index in [1.54, 1.807) is 0 Å². The molecule has 0 spiro atoms. The van der Waals surface area contributed by atoms with Crippen molar-refractivity contribution < 1.29 is 5.11 Å². The van der Waals surface area contributed by atoms with Crippen LogP contribution in [0.2, 0.25) is 0 Å². The van der Waals surface area contributed by atoms with Crippen molar-refractivity contribution >= 4 is 11.8 Å². The average molecular weight is 132 g/mol. The molecule has 1 fully saturated rings. The van der Waals surface area contributed by atoms with E-state index in [0.29, 0.717) is 0 Å². The van der Waals surface area contributed by atoms with Crippen LogP contribution >= 0.6 is 11.8 Å². The number of hydrogen-bond donors (Lipinski definition) is 1. The molecule has 1 saturated heterocycles. The van der Waals surface area contributed by atoms with Gasteiger partial charge in [0.15, 0.2) is 0 Å². The first-order chi connectivity index (χ1) is 3.93. The van der Waals surface area contributed by atoms with Crippen LogP contribution < -0.4 is 0 Å². The average Bonchev–Trinajstić information content (AvgIpc) is 1.90. The SMILES string of the molecule is O[CH]N1CCSCC1. The Hall–Kier alpha value is 0.270. The Labute approximate surface area is 53.9 Å². The molecule has 0 unspecified atom stereocenters. The fraction of sp³-hybridized carbons (Fsp3) is 0.800. The predicted molar refractivity (Wildman–Crippen MR) is 35.1 cm³/mol. The van der Waals surface area contributed by atoms with Crippen molar-refractivity contribution in [3.8, 4) is 0 Å². The Kier molecular flexibility index (Phi) is 2.66. The fourth-order valence-corrected chi connectivity index (χ4v) is 1.62. The van der Waals surface area contributed by atoms with Crippen molar-refractivity contribution in [2.75, 3.05) is 24.6 Å². The van der Waals surface area contributed by atoms with Crippen molar-refractivity contribution in [3.63, 3.8) is 0 Å².